The van der Waals surface area contributed by atoms with Crippen molar-refractivity contribution >= 4 is 31.9 Å². The first kappa shape index (κ1) is 20.3. The fraction of sp³-hybridized carbons (Fsp3) is 0.0952. The summed E-state index contributed by atoms with van der Waals surface area (Å²) in [6.45, 7) is 0.275. The minimum absolute atomic E-state index is 0.0153. The molecule has 0 heterocycles. The van der Waals surface area contributed by atoms with Crippen LogP contribution in [0.4, 0.5) is 0 Å². The molecule has 0 unspecified atom stereocenters. The molecule has 0 fully saturated rings. The highest BCUT2D eigenvalue weighted by atomic mass is 79.9. The number of esters is 1. The van der Waals surface area contributed by atoms with Gasteiger partial charge in [0.05, 0.1) is 10.5 Å². The molecular weight excluding hydrogens is 442 g/mol. The average molecular weight is 460 g/mol. The summed E-state index contributed by atoms with van der Waals surface area (Å²) in [5, 5.41) is 0. The Morgan fingerprint density at radius 2 is 1.61 bits per heavy atom. The summed E-state index contributed by atoms with van der Waals surface area (Å²) in [5.74, 6) is -0.581. The van der Waals surface area contributed by atoms with Crippen LogP contribution >= 0.6 is 15.9 Å². The summed E-state index contributed by atoms with van der Waals surface area (Å²) < 4.78 is 33.8. The lowest BCUT2D eigenvalue weighted by atomic mass is 10.2. The molecule has 0 bridgehead atoms. The van der Waals surface area contributed by atoms with Gasteiger partial charge in [-0.05, 0) is 41.5 Å². The van der Waals surface area contributed by atoms with E-state index in [1.807, 2.05) is 54.6 Å². The molecule has 0 radical (unpaired) electrons. The van der Waals surface area contributed by atoms with Crippen molar-refractivity contribution < 1.29 is 17.9 Å². The molecule has 0 aromatic heterocycles. The Morgan fingerprint density at radius 1 is 0.893 bits per heavy atom. The fourth-order valence-corrected chi connectivity index (χ4v) is 3.79. The van der Waals surface area contributed by atoms with Crippen molar-refractivity contribution in [3.8, 4) is 0 Å². The van der Waals surface area contributed by atoms with Crippen molar-refractivity contribution in [2.45, 2.75) is 18.0 Å². The van der Waals surface area contributed by atoms with E-state index in [4.69, 9.17) is 4.74 Å². The second-order valence-corrected chi connectivity index (χ2v) is 8.72. The topological polar surface area (TPSA) is 72.5 Å². The maximum absolute atomic E-state index is 12.5. The van der Waals surface area contributed by atoms with E-state index >= 15 is 0 Å². The summed E-state index contributed by atoms with van der Waals surface area (Å²) in [6.07, 6.45) is 0. The molecule has 7 heteroatoms. The number of rotatable bonds is 7. The molecule has 0 spiro atoms. The molecule has 0 aliphatic rings. The van der Waals surface area contributed by atoms with E-state index in [1.165, 1.54) is 24.3 Å². The number of hydrogen-bond acceptors (Lipinski definition) is 4. The number of halogens is 1. The summed E-state index contributed by atoms with van der Waals surface area (Å²) in [5.41, 5.74) is 1.86. The predicted octanol–water partition coefficient (Wildman–Crippen LogP) is 4.28. The highest BCUT2D eigenvalue weighted by molar-refractivity contribution is 9.10. The molecule has 3 aromatic carbocycles. The third-order valence-corrected chi connectivity index (χ3v) is 5.90. The minimum Gasteiger partial charge on any atom is -0.457 e. The number of sulfonamides is 1. The summed E-state index contributed by atoms with van der Waals surface area (Å²) >= 11 is 3.35. The van der Waals surface area contributed by atoms with Gasteiger partial charge < -0.3 is 4.74 Å². The Kier molecular flexibility index (Phi) is 6.61. The SMILES string of the molecule is O=C(OCc1ccc(Br)cc1)c1cccc(S(=O)(=O)NCc2ccccc2)c1. The Labute approximate surface area is 172 Å². The molecule has 1 N–H and O–H groups in total. The molecule has 28 heavy (non-hydrogen) atoms. The molecule has 3 aromatic rings. The number of nitrogens with one attached hydrogen (secondary N) is 1. The van der Waals surface area contributed by atoms with Crippen molar-refractivity contribution in [2.75, 3.05) is 0 Å². The minimum atomic E-state index is -3.75. The number of benzene rings is 3. The molecule has 5 nitrogen and oxygen atoms in total. The highest BCUT2D eigenvalue weighted by Gasteiger charge is 2.17. The Balaban J connectivity index is 1.66. The first-order valence-corrected chi connectivity index (χ1v) is 10.8. The molecule has 0 saturated heterocycles. The Morgan fingerprint density at radius 3 is 2.32 bits per heavy atom. The van der Waals surface area contributed by atoms with Crippen LogP contribution < -0.4 is 4.72 Å². The average Bonchev–Trinajstić information content (AvgIpc) is 2.72. The zero-order valence-corrected chi connectivity index (χ0v) is 17.2. The zero-order valence-electron chi connectivity index (χ0n) is 14.8. The van der Waals surface area contributed by atoms with Gasteiger partial charge in [-0.2, -0.15) is 0 Å². The van der Waals surface area contributed by atoms with E-state index in [2.05, 4.69) is 20.7 Å². The molecule has 0 aliphatic heterocycles. The second-order valence-electron chi connectivity index (χ2n) is 6.04. The first-order chi connectivity index (χ1) is 13.4. The van der Waals surface area contributed by atoms with Gasteiger partial charge in [-0.15, -0.1) is 0 Å². The number of hydrogen-bond donors (Lipinski definition) is 1. The van der Waals surface area contributed by atoms with Crippen LogP contribution in [0.5, 0.6) is 0 Å². The number of ether oxygens (including phenoxy) is 1. The molecule has 0 aliphatic carbocycles. The van der Waals surface area contributed by atoms with E-state index in [0.717, 1.165) is 15.6 Å². The van der Waals surface area contributed by atoms with Gasteiger partial charge in [0, 0.05) is 11.0 Å². The van der Waals surface area contributed by atoms with E-state index < -0.39 is 16.0 Å². The van der Waals surface area contributed by atoms with Crippen molar-refractivity contribution in [3.63, 3.8) is 0 Å². The quantitative estimate of drug-likeness (QED) is 0.535. The highest BCUT2D eigenvalue weighted by Crippen LogP contribution is 2.15. The third kappa shape index (κ3) is 5.51. The van der Waals surface area contributed by atoms with Crippen LogP contribution in [0.3, 0.4) is 0 Å². The van der Waals surface area contributed by atoms with Crippen molar-refractivity contribution in [2.24, 2.45) is 0 Å². The van der Waals surface area contributed by atoms with Crippen LogP contribution in [-0.4, -0.2) is 14.4 Å². The largest absolute Gasteiger partial charge is 0.457 e. The first-order valence-electron chi connectivity index (χ1n) is 8.49. The van der Waals surface area contributed by atoms with E-state index in [1.54, 1.807) is 0 Å². The lowest BCUT2D eigenvalue weighted by Gasteiger charge is -2.09. The van der Waals surface area contributed by atoms with Crippen LogP contribution in [0.25, 0.3) is 0 Å². The molecule has 3 rings (SSSR count). The Bertz CT molecular complexity index is 1050. The standard InChI is InChI=1S/C21H18BrNO4S/c22-19-11-9-17(10-12-19)15-27-21(24)18-7-4-8-20(13-18)28(25,26)23-14-16-5-2-1-3-6-16/h1-13,23H,14-15H2. The molecular formula is C21H18BrNO4S. The normalized spacial score (nSPS) is 11.2. The van der Waals surface area contributed by atoms with Crippen LogP contribution in [0.15, 0.2) is 88.2 Å². The van der Waals surface area contributed by atoms with Crippen molar-refractivity contribution in [1.29, 1.82) is 0 Å². The fourth-order valence-electron chi connectivity index (χ4n) is 2.46. The number of carbonyl (C=O) groups excluding carboxylic acids is 1. The van der Waals surface area contributed by atoms with Crippen LogP contribution in [0, 0.1) is 0 Å². The zero-order chi connectivity index (χ0) is 20.0. The summed E-state index contributed by atoms with van der Waals surface area (Å²) in [6, 6.07) is 22.4. The van der Waals surface area contributed by atoms with E-state index in [-0.39, 0.29) is 23.6 Å². The third-order valence-electron chi connectivity index (χ3n) is 3.97. The van der Waals surface area contributed by atoms with Crippen molar-refractivity contribution in [1.82, 2.24) is 4.72 Å². The van der Waals surface area contributed by atoms with Crippen LogP contribution in [0.1, 0.15) is 21.5 Å². The van der Waals surface area contributed by atoms with E-state index in [0.29, 0.717) is 0 Å². The van der Waals surface area contributed by atoms with Gasteiger partial charge in [0.25, 0.3) is 0 Å². The Hall–Kier alpha value is -2.48. The second kappa shape index (κ2) is 9.14. The number of carbonyl (C=O) groups is 1. The lowest BCUT2D eigenvalue weighted by molar-refractivity contribution is 0.0472. The molecule has 0 atom stereocenters. The van der Waals surface area contributed by atoms with E-state index in [9.17, 15) is 13.2 Å². The van der Waals surface area contributed by atoms with Gasteiger partial charge >= 0.3 is 5.97 Å². The van der Waals surface area contributed by atoms with Gasteiger partial charge in [0.1, 0.15) is 6.61 Å². The maximum atomic E-state index is 12.5. The maximum Gasteiger partial charge on any atom is 0.338 e. The van der Waals surface area contributed by atoms with Gasteiger partial charge in [-0.1, -0.05) is 64.5 Å². The molecule has 0 amide bonds. The van der Waals surface area contributed by atoms with Crippen LogP contribution in [-0.2, 0) is 27.9 Å². The van der Waals surface area contributed by atoms with Gasteiger partial charge in [0.15, 0.2) is 0 Å². The van der Waals surface area contributed by atoms with Gasteiger partial charge in [-0.3, -0.25) is 0 Å². The lowest BCUT2D eigenvalue weighted by Crippen LogP contribution is -2.23. The smallest absolute Gasteiger partial charge is 0.338 e. The summed E-state index contributed by atoms with van der Waals surface area (Å²) in [7, 11) is -3.75. The van der Waals surface area contributed by atoms with Gasteiger partial charge in [0.2, 0.25) is 10.0 Å². The molecule has 0 saturated carbocycles. The predicted molar refractivity (Wildman–Crippen MR) is 110 cm³/mol. The monoisotopic (exact) mass is 459 g/mol. The molecule has 144 valence electrons. The van der Waals surface area contributed by atoms with Gasteiger partial charge in [-0.25, -0.2) is 17.9 Å². The van der Waals surface area contributed by atoms with Crippen LogP contribution in [0.2, 0.25) is 0 Å². The summed E-state index contributed by atoms with van der Waals surface area (Å²) in [4.78, 5) is 12.3. The van der Waals surface area contributed by atoms with Crippen molar-refractivity contribution in [3.05, 3.63) is 100 Å².